The van der Waals surface area contributed by atoms with Crippen molar-refractivity contribution < 1.29 is 4.74 Å². The minimum absolute atomic E-state index is 0.267. The Bertz CT molecular complexity index is 722. The molecule has 6 nitrogen and oxygen atoms in total. The Morgan fingerprint density at radius 3 is 2.70 bits per heavy atom. The summed E-state index contributed by atoms with van der Waals surface area (Å²) in [6.45, 7) is 3.12. The van der Waals surface area contributed by atoms with Gasteiger partial charge in [-0.15, -0.1) is 0 Å². The zero-order valence-corrected chi connectivity index (χ0v) is 12.3. The lowest BCUT2D eigenvalue weighted by Gasteiger charge is -2.50. The number of nitrogens with zero attached hydrogens (tertiary/aromatic N) is 5. The molecule has 2 aliphatic heterocycles. The summed E-state index contributed by atoms with van der Waals surface area (Å²) in [4.78, 5) is 8.11. The van der Waals surface area contributed by atoms with Crippen LogP contribution in [0.25, 0.3) is 11.3 Å². The molecule has 2 aromatic heterocycles. The van der Waals surface area contributed by atoms with E-state index in [1.165, 1.54) is 0 Å². The zero-order valence-electron chi connectivity index (χ0n) is 11.5. The first kappa shape index (κ1) is 12.1. The highest BCUT2D eigenvalue weighted by Crippen LogP contribution is 2.50. The Hall–Kier alpha value is -1.66. The van der Waals surface area contributed by atoms with Crippen LogP contribution in [0.15, 0.2) is 6.07 Å². The predicted octanol–water partition coefficient (Wildman–Crippen LogP) is 1.51. The fraction of sp³-hybridized carbons (Fsp3) is 0.462. The van der Waals surface area contributed by atoms with Crippen molar-refractivity contribution in [3.8, 4) is 11.3 Å². The molecule has 0 aliphatic carbocycles. The molecule has 0 saturated carbocycles. The van der Waals surface area contributed by atoms with Crippen LogP contribution in [-0.4, -0.2) is 40.2 Å². The molecule has 0 aromatic carbocycles. The van der Waals surface area contributed by atoms with E-state index in [0.29, 0.717) is 18.4 Å². The molecule has 2 aromatic rings. The lowest BCUT2D eigenvalue weighted by Crippen LogP contribution is -2.60. The normalized spacial score (nSPS) is 18.7. The number of hydrogen-bond acceptors (Lipinski definition) is 5. The van der Waals surface area contributed by atoms with Gasteiger partial charge in [-0.3, -0.25) is 0 Å². The largest absolute Gasteiger partial charge is 0.376 e. The highest BCUT2D eigenvalue weighted by Gasteiger charge is 2.52. The molecule has 0 radical (unpaired) electrons. The van der Waals surface area contributed by atoms with E-state index < -0.39 is 0 Å². The van der Waals surface area contributed by atoms with Crippen molar-refractivity contribution in [3.05, 3.63) is 22.6 Å². The highest BCUT2D eigenvalue weighted by molar-refractivity contribution is 6.33. The van der Waals surface area contributed by atoms with Crippen LogP contribution in [0.3, 0.4) is 0 Å². The third kappa shape index (κ3) is 1.30. The predicted molar refractivity (Wildman–Crippen MR) is 74.9 cm³/mol. The Labute approximate surface area is 121 Å². The first-order chi connectivity index (χ1) is 9.53. The van der Waals surface area contributed by atoms with Crippen molar-refractivity contribution in [3.63, 3.8) is 0 Å². The summed E-state index contributed by atoms with van der Waals surface area (Å²) < 4.78 is 5.45. The fourth-order valence-corrected chi connectivity index (χ4v) is 3.39. The van der Waals surface area contributed by atoms with Crippen LogP contribution in [0.1, 0.15) is 11.4 Å². The van der Waals surface area contributed by atoms with Gasteiger partial charge < -0.3 is 9.64 Å². The number of ether oxygens (including phenoxy) is 1. The van der Waals surface area contributed by atoms with E-state index in [1.54, 1.807) is 4.80 Å². The molecule has 4 heterocycles. The molecule has 0 N–H and O–H groups in total. The Balaban J connectivity index is 2.07. The molecule has 0 bridgehead atoms. The number of halogens is 1. The molecule has 0 atom stereocenters. The number of aryl methyl sites for hydroxylation is 2. The average Bonchev–Trinajstić information content (AvgIpc) is 2.68. The van der Waals surface area contributed by atoms with E-state index in [2.05, 4.69) is 20.1 Å². The smallest absolute Gasteiger partial charge is 0.153 e. The van der Waals surface area contributed by atoms with E-state index in [9.17, 15) is 0 Å². The van der Waals surface area contributed by atoms with Crippen molar-refractivity contribution in [2.75, 3.05) is 25.2 Å². The molecule has 104 valence electrons. The second kappa shape index (κ2) is 3.71. The molecular weight excluding hydrogens is 278 g/mol. The van der Waals surface area contributed by atoms with Crippen LogP contribution in [0.2, 0.25) is 5.15 Å². The SMILES string of the molecule is Cc1cc2c(c(Cl)n1)N(C)C1(COC1)c1nn(C)nc1-2. The monoisotopic (exact) mass is 291 g/mol. The third-order valence-corrected chi connectivity index (χ3v) is 4.41. The topological polar surface area (TPSA) is 56.1 Å². The number of aromatic nitrogens is 4. The van der Waals surface area contributed by atoms with Gasteiger partial charge >= 0.3 is 0 Å². The van der Waals surface area contributed by atoms with Crippen LogP contribution in [-0.2, 0) is 17.3 Å². The van der Waals surface area contributed by atoms with Gasteiger partial charge in [0, 0.05) is 25.4 Å². The molecule has 1 saturated heterocycles. The number of fused-ring (bicyclic) bond motifs is 4. The maximum atomic E-state index is 6.38. The van der Waals surface area contributed by atoms with Gasteiger partial charge in [-0.1, -0.05) is 11.6 Å². The third-order valence-electron chi connectivity index (χ3n) is 4.15. The van der Waals surface area contributed by atoms with Gasteiger partial charge in [0.25, 0.3) is 0 Å². The highest BCUT2D eigenvalue weighted by atomic mass is 35.5. The Morgan fingerprint density at radius 2 is 2.05 bits per heavy atom. The summed E-state index contributed by atoms with van der Waals surface area (Å²) in [6, 6.07) is 2.01. The fourth-order valence-electron chi connectivity index (χ4n) is 3.03. The number of hydrogen-bond donors (Lipinski definition) is 0. The van der Waals surface area contributed by atoms with Crippen LogP contribution in [0.4, 0.5) is 5.69 Å². The minimum Gasteiger partial charge on any atom is -0.376 e. The van der Waals surface area contributed by atoms with Crippen molar-refractivity contribution in [2.24, 2.45) is 7.05 Å². The second-order valence-corrected chi connectivity index (χ2v) is 5.78. The summed E-state index contributed by atoms with van der Waals surface area (Å²) in [5.41, 5.74) is 4.36. The maximum absolute atomic E-state index is 6.38. The Kier molecular flexibility index (Phi) is 2.24. The molecular formula is C13H14ClN5O. The van der Waals surface area contributed by atoms with Gasteiger partial charge in [-0.05, 0) is 13.0 Å². The molecule has 4 rings (SSSR count). The van der Waals surface area contributed by atoms with Crippen LogP contribution in [0, 0.1) is 6.92 Å². The molecule has 20 heavy (non-hydrogen) atoms. The van der Waals surface area contributed by atoms with E-state index in [1.807, 2.05) is 27.1 Å². The summed E-state index contributed by atoms with van der Waals surface area (Å²) in [6.07, 6.45) is 0. The van der Waals surface area contributed by atoms with Crippen molar-refractivity contribution in [1.29, 1.82) is 0 Å². The maximum Gasteiger partial charge on any atom is 0.153 e. The van der Waals surface area contributed by atoms with Crippen molar-refractivity contribution in [1.82, 2.24) is 20.0 Å². The van der Waals surface area contributed by atoms with E-state index in [4.69, 9.17) is 16.3 Å². The molecule has 1 fully saturated rings. The van der Waals surface area contributed by atoms with E-state index in [-0.39, 0.29) is 5.54 Å². The number of rotatable bonds is 0. The van der Waals surface area contributed by atoms with Crippen LogP contribution < -0.4 is 4.90 Å². The summed E-state index contributed by atoms with van der Waals surface area (Å²) >= 11 is 6.38. The molecule has 0 unspecified atom stereocenters. The quantitative estimate of drug-likeness (QED) is 0.689. The van der Waals surface area contributed by atoms with Crippen molar-refractivity contribution in [2.45, 2.75) is 12.5 Å². The lowest BCUT2D eigenvalue weighted by atomic mass is 9.83. The van der Waals surface area contributed by atoms with Gasteiger partial charge in [0.15, 0.2) is 5.15 Å². The van der Waals surface area contributed by atoms with Crippen LogP contribution >= 0.6 is 11.6 Å². The second-order valence-electron chi connectivity index (χ2n) is 5.42. The summed E-state index contributed by atoms with van der Waals surface area (Å²) in [5.74, 6) is 0. The number of pyridine rings is 1. The van der Waals surface area contributed by atoms with Gasteiger partial charge in [0.1, 0.15) is 16.9 Å². The zero-order chi connectivity index (χ0) is 14.1. The van der Waals surface area contributed by atoms with Gasteiger partial charge in [0.05, 0.1) is 18.9 Å². The summed E-state index contributed by atoms with van der Waals surface area (Å²) in [7, 11) is 3.85. The standard InChI is InChI=1S/C13H14ClN5O/c1-7-4-8-9-11(17-19(3)16-9)13(5-20-6-13)18(2)10(8)12(14)15-7/h4H,5-6H2,1-3H3. The lowest BCUT2D eigenvalue weighted by molar-refractivity contribution is -0.0617. The van der Waals surface area contributed by atoms with E-state index >= 15 is 0 Å². The molecule has 0 amide bonds. The average molecular weight is 292 g/mol. The van der Waals surface area contributed by atoms with E-state index in [0.717, 1.165) is 28.3 Å². The first-order valence-electron chi connectivity index (χ1n) is 6.44. The molecule has 2 aliphatic rings. The number of anilines is 1. The Morgan fingerprint density at radius 1 is 1.30 bits per heavy atom. The molecule has 1 spiro atoms. The molecule has 7 heteroatoms. The minimum atomic E-state index is -0.267. The van der Waals surface area contributed by atoms with Gasteiger partial charge in [-0.25, -0.2) is 4.98 Å². The number of likely N-dealkylation sites (N-methyl/N-ethyl adjacent to an activating group) is 1. The summed E-state index contributed by atoms with van der Waals surface area (Å²) in [5, 5.41) is 9.58. The van der Waals surface area contributed by atoms with Gasteiger partial charge in [0.2, 0.25) is 0 Å². The van der Waals surface area contributed by atoms with Crippen LogP contribution in [0.5, 0.6) is 0 Å². The van der Waals surface area contributed by atoms with Gasteiger partial charge in [-0.2, -0.15) is 15.0 Å². The first-order valence-corrected chi connectivity index (χ1v) is 6.81. The van der Waals surface area contributed by atoms with Crippen molar-refractivity contribution >= 4 is 17.3 Å².